The molecular formula is C14H14F2N2O2S. The number of anilines is 1. The van der Waals surface area contributed by atoms with Gasteiger partial charge < -0.3 is 5.73 Å². The summed E-state index contributed by atoms with van der Waals surface area (Å²) in [5, 5.41) is 0. The number of nitrogens with two attached hydrogens (primary N) is 1. The minimum atomic E-state index is -3.83. The van der Waals surface area contributed by atoms with Gasteiger partial charge in [0.05, 0.1) is 10.6 Å². The normalized spacial score (nSPS) is 11.6. The van der Waals surface area contributed by atoms with Crippen LogP contribution in [0.15, 0.2) is 41.3 Å². The molecule has 7 heteroatoms. The Labute approximate surface area is 121 Å². The van der Waals surface area contributed by atoms with E-state index in [2.05, 4.69) is 4.72 Å². The second kappa shape index (κ2) is 5.79. The van der Waals surface area contributed by atoms with Crippen molar-refractivity contribution in [2.75, 3.05) is 5.73 Å². The van der Waals surface area contributed by atoms with Crippen molar-refractivity contribution in [2.45, 2.75) is 18.4 Å². The van der Waals surface area contributed by atoms with Gasteiger partial charge in [-0.15, -0.1) is 0 Å². The maximum Gasteiger partial charge on any atom is 0.241 e. The van der Waals surface area contributed by atoms with Crippen LogP contribution < -0.4 is 10.5 Å². The van der Waals surface area contributed by atoms with Crippen LogP contribution in [-0.2, 0) is 16.6 Å². The highest BCUT2D eigenvalue weighted by Gasteiger charge is 2.18. The molecule has 0 aliphatic rings. The Morgan fingerprint density at radius 1 is 1.14 bits per heavy atom. The molecule has 112 valence electrons. The van der Waals surface area contributed by atoms with Crippen molar-refractivity contribution in [3.8, 4) is 0 Å². The number of hydrogen-bond donors (Lipinski definition) is 2. The van der Waals surface area contributed by atoms with E-state index in [1.165, 1.54) is 31.2 Å². The summed E-state index contributed by atoms with van der Waals surface area (Å²) in [6.45, 7) is 1.48. The highest BCUT2D eigenvalue weighted by Crippen LogP contribution is 2.21. The molecule has 2 aromatic carbocycles. The van der Waals surface area contributed by atoms with E-state index in [-0.39, 0.29) is 22.7 Å². The average molecular weight is 312 g/mol. The lowest BCUT2D eigenvalue weighted by Gasteiger charge is -2.10. The van der Waals surface area contributed by atoms with Gasteiger partial charge in [0.25, 0.3) is 0 Å². The van der Waals surface area contributed by atoms with Crippen LogP contribution in [0.25, 0.3) is 0 Å². The molecule has 21 heavy (non-hydrogen) atoms. The smallest absolute Gasteiger partial charge is 0.241 e. The topological polar surface area (TPSA) is 72.2 Å². The van der Waals surface area contributed by atoms with Crippen LogP contribution in [0.5, 0.6) is 0 Å². The third-order valence-corrected chi connectivity index (χ3v) is 4.51. The van der Waals surface area contributed by atoms with Gasteiger partial charge in [-0.1, -0.05) is 12.1 Å². The molecular weight excluding hydrogens is 298 g/mol. The highest BCUT2D eigenvalue weighted by atomic mass is 32.2. The Bertz CT molecular complexity index is 759. The number of rotatable bonds is 4. The summed E-state index contributed by atoms with van der Waals surface area (Å²) in [5.41, 5.74) is 6.03. The van der Waals surface area contributed by atoms with Gasteiger partial charge in [0.15, 0.2) is 0 Å². The van der Waals surface area contributed by atoms with Crippen molar-refractivity contribution in [2.24, 2.45) is 0 Å². The predicted octanol–water partition coefficient (Wildman–Crippen LogP) is 2.33. The second-order valence-electron chi connectivity index (χ2n) is 4.59. The van der Waals surface area contributed by atoms with Gasteiger partial charge in [0.2, 0.25) is 10.0 Å². The van der Waals surface area contributed by atoms with Gasteiger partial charge in [-0.05, 0) is 42.3 Å². The largest absolute Gasteiger partial charge is 0.396 e. The monoisotopic (exact) mass is 312 g/mol. The van der Waals surface area contributed by atoms with Crippen LogP contribution in [0, 0.1) is 18.6 Å². The molecule has 2 aromatic rings. The first kappa shape index (κ1) is 15.4. The van der Waals surface area contributed by atoms with Crippen LogP contribution in [0.3, 0.4) is 0 Å². The van der Waals surface area contributed by atoms with Gasteiger partial charge in [0, 0.05) is 6.54 Å². The van der Waals surface area contributed by atoms with Crippen LogP contribution in [0.1, 0.15) is 11.1 Å². The summed E-state index contributed by atoms with van der Waals surface area (Å²) in [6, 6.07) is 7.59. The van der Waals surface area contributed by atoms with Crippen LogP contribution in [-0.4, -0.2) is 8.42 Å². The fraction of sp³-hybridized carbons (Fsp3) is 0.143. The van der Waals surface area contributed by atoms with Crippen molar-refractivity contribution in [1.29, 1.82) is 0 Å². The predicted molar refractivity (Wildman–Crippen MR) is 76.0 cm³/mol. The number of nitrogens with one attached hydrogen (secondary N) is 1. The fourth-order valence-electron chi connectivity index (χ4n) is 1.82. The maximum absolute atomic E-state index is 13.3. The SMILES string of the molecule is Cc1cc(F)c(N)cc1S(=O)(=O)NCc1ccc(F)cc1. The van der Waals surface area contributed by atoms with Crippen molar-refractivity contribution in [1.82, 2.24) is 4.72 Å². The lowest BCUT2D eigenvalue weighted by Crippen LogP contribution is -2.24. The van der Waals surface area contributed by atoms with E-state index in [0.29, 0.717) is 5.56 Å². The van der Waals surface area contributed by atoms with E-state index in [1.54, 1.807) is 0 Å². The van der Waals surface area contributed by atoms with Crippen molar-refractivity contribution >= 4 is 15.7 Å². The molecule has 2 rings (SSSR count). The summed E-state index contributed by atoms with van der Waals surface area (Å²) in [4.78, 5) is -0.0801. The quantitative estimate of drug-likeness (QED) is 0.851. The van der Waals surface area contributed by atoms with E-state index in [0.717, 1.165) is 12.1 Å². The first-order valence-electron chi connectivity index (χ1n) is 6.09. The zero-order chi connectivity index (χ0) is 15.6. The molecule has 0 aliphatic carbocycles. The standard InChI is InChI=1S/C14H14F2N2O2S/c1-9-6-12(16)13(17)7-14(9)21(19,20)18-8-10-2-4-11(15)5-3-10/h2-7,18H,8,17H2,1H3. The van der Waals surface area contributed by atoms with E-state index >= 15 is 0 Å². The molecule has 0 unspecified atom stereocenters. The van der Waals surface area contributed by atoms with Gasteiger partial charge >= 0.3 is 0 Å². The molecule has 0 saturated heterocycles. The molecule has 0 fully saturated rings. The lowest BCUT2D eigenvalue weighted by molar-refractivity contribution is 0.579. The number of aryl methyl sites for hydroxylation is 1. The molecule has 0 saturated carbocycles. The molecule has 4 nitrogen and oxygen atoms in total. The summed E-state index contributed by atoms with van der Waals surface area (Å²) >= 11 is 0. The molecule has 0 aliphatic heterocycles. The van der Waals surface area contributed by atoms with Crippen LogP contribution >= 0.6 is 0 Å². The molecule has 0 atom stereocenters. The van der Waals surface area contributed by atoms with Gasteiger partial charge in [-0.2, -0.15) is 0 Å². The Hall–Kier alpha value is -1.99. The van der Waals surface area contributed by atoms with Crippen molar-refractivity contribution < 1.29 is 17.2 Å². The van der Waals surface area contributed by atoms with E-state index in [4.69, 9.17) is 5.73 Å². The molecule has 0 bridgehead atoms. The third-order valence-electron chi connectivity index (χ3n) is 2.96. The Balaban J connectivity index is 2.22. The highest BCUT2D eigenvalue weighted by molar-refractivity contribution is 7.89. The minimum Gasteiger partial charge on any atom is -0.396 e. The summed E-state index contributed by atoms with van der Waals surface area (Å²) in [6.07, 6.45) is 0. The average Bonchev–Trinajstić information content (AvgIpc) is 2.42. The number of nitrogen functional groups attached to an aromatic ring is 1. The molecule has 0 aromatic heterocycles. The van der Waals surface area contributed by atoms with Crippen molar-refractivity contribution in [3.05, 3.63) is 59.2 Å². The number of benzene rings is 2. The molecule has 0 amide bonds. The summed E-state index contributed by atoms with van der Waals surface area (Å²) < 4.78 is 52.8. The summed E-state index contributed by atoms with van der Waals surface area (Å²) in [5.74, 6) is -1.06. The molecule has 0 radical (unpaired) electrons. The van der Waals surface area contributed by atoms with Gasteiger partial charge in [-0.25, -0.2) is 21.9 Å². The second-order valence-corrected chi connectivity index (χ2v) is 6.33. The van der Waals surface area contributed by atoms with Gasteiger partial charge in [0.1, 0.15) is 11.6 Å². The Kier molecular flexibility index (Phi) is 4.24. The third kappa shape index (κ3) is 3.56. The van der Waals surface area contributed by atoms with E-state index in [9.17, 15) is 17.2 Å². The zero-order valence-corrected chi connectivity index (χ0v) is 12.0. The Morgan fingerprint density at radius 3 is 2.38 bits per heavy atom. The molecule has 0 spiro atoms. The maximum atomic E-state index is 13.3. The molecule has 0 heterocycles. The number of sulfonamides is 1. The summed E-state index contributed by atoms with van der Waals surface area (Å²) in [7, 11) is -3.83. The van der Waals surface area contributed by atoms with E-state index in [1.807, 2.05) is 0 Å². The first-order chi connectivity index (χ1) is 9.79. The number of halogens is 2. The number of hydrogen-bond acceptors (Lipinski definition) is 3. The van der Waals surface area contributed by atoms with Crippen LogP contribution in [0.4, 0.5) is 14.5 Å². The fourth-order valence-corrected chi connectivity index (χ4v) is 3.09. The van der Waals surface area contributed by atoms with Crippen molar-refractivity contribution in [3.63, 3.8) is 0 Å². The van der Waals surface area contributed by atoms with Crippen LogP contribution in [0.2, 0.25) is 0 Å². The first-order valence-corrected chi connectivity index (χ1v) is 7.57. The Morgan fingerprint density at radius 2 is 1.76 bits per heavy atom. The van der Waals surface area contributed by atoms with E-state index < -0.39 is 21.7 Å². The molecule has 3 N–H and O–H groups in total. The van der Waals surface area contributed by atoms with Gasteiger partial charge in [-0.3, -0.25) is 0 Å². The zero-order valence-electron chi connectivity index (χ0n) is 11.2. The minimum absolute atomic E-state index is 0.000660. The lowest BCUT2D eigenvalue weighted by atomic mass is 10.2.